The third kappa shape index (κ3) is 4.91. The van der Waals surface area contributed by atoms with Crippen molar-refractivity contribution in [1.29, 1.82) is 0 Å². The summed E-state index contributed by atoms with van der Waals surface area (Å²) in [6.07, 6.45) is 9.86. The Morgan fingerprint density at radius 1 is 0.962 bits per heavy atom. The average Bonchev–Trinajstić information content (AvgIpc) is 2.96. The summed E-state index contributed by atoms with van der Waals surface area (Å²) in [5.41, 5.74) is 1.21. The summed E-state index contributed by atoms with van der Waals surface area (Å²) in [6.45, 7) is 0. The van der Waals surface area contributed by atoms with E-state index in [9.17, 15) is 9.59 Å². The molecule has 5 heteroatoms. The van der Waals surface area contributed by atoms with Crippen molar-refractivity contribution in [3.05, 3.63) is 66.0 Å². The third-order valence-corrected chi connectivity index (χ3v) is 4.80. The molecule has 26 heavy (non-hydrogen) atoms. The van der Waals surface area contributed by atoms with Crippen LogP contribution in [0.4, 0.5) is 0 Å². The first-order valence-electron chi connectivity index (χ1n) is 9.30. The average molecular weight is 351 g/mol. The summed E-state index contributed by atoms with van der Waals surface area (Å²) in [6, 6.07) is 12.2. The molecule has 2 amide bonds. The van der Waals surface area contributed by atoms with Gasteiger partial charge < -0.3 is 10.6 Å². The highest BCUT2D eigenvalue weighted by Crippen LogP contribution is 2.19. The van der Waals surface area contributed by atoms with Gasteiger partial charge in [-0.2, -0.15) is 0 Å². The SMILES string of the molecule is O=C(NC(C(=O)NC1CCCCCC1)c1ccccc1)c1cccnc1. The molecule has 0 spiro atoms. The number of benzene rings is 1. The Labute approximate surface area is 154 Å². The van der Waals surface area contributed by atoms with Gasteiger partial charge in [0.1, 0.15) is 6.04 Å². The van der Waals surface area contributed by atoms with E-state index in [1.165, 1.54) is 19.0 Å². The standard InChI is InChI=1S/C21H25N3O2/c25-20(17-11-8-14-22-15-17)24-19(16-9-4-3-5-10-16)21(26)23-18-12-6-1-2-7-13-18/h3-5,8-11,14-15,18-19H,1-2,6-7,12-13H2,(H,23,26)(H,24,25). The number of aromatic nitrogens is 1. The molecule has 1 heterocycles. The fourth-order valence-electron chi connectivity index (χ4n) is 3.37. The molecule has 1 aliphatic carbocycles. The molecular weight excluding hydrogens is 326 g/mol. The van der Waals surface area contributed by atoms with Gasteiger partial charge in [-0.1, -0.05) is 56.0 Å². The molecule has 1 aromatic heterocycles. The summed E-state index contributed by atoms with van der Waals surface area (Å²) in [4.78, 5) is 29.5. The highest BCUT2D eigenvalue weighted by molar-refractivity contribution is 5.97. The van der Waals surface area contributed by atoms with E-state index >= 15 is 0 Å². The van der Waals surface area contributed by atoms with Crippen LogP contribution >= 0.6 is 0 Å². The second-order valence-corrected chi connectivity index (χ2v) is 6.76. The van der Waals surface area contributed by atoms with E-state index in [-0.39, 0.29) is 17.9 Å². The highest BCUT2D eigenvalue weighted by Gasteiger charge is 2.25. The maximum absolute atomic E-state index is 12.9. The van der Waals surface area contributed by atoms with Gasteiger partial charge >= 0.3 is 0 Å². The van der Waals surface area contributed by atoms with Gasteiger partial charge in [0, 0.05) is 18.4 Å². The number of rotatable bonds is 5. The summed E-state index contributed by atoms with van der Waals surface area (Å²) in [7, 11) is 0. The fourth-order valence-corrected chi connectivity index (χ4v) is 3.37. The number of hydrogen-bond donors (Lipinski definition) is 2. The van der Waals surface area contributed by atoms with Crippen LogP contribution in [0.1, 0.15) is 60.5 Å². The highest BCUT2D eigenvalue weighted by atomic mass is 16.2. The number of pyridine rings is 1. The monoisotopic (exact) mass is 351 g/mol. The number of carbonyl (C=O) groups excluding carboxylic acids is 2. The van der Waals surface area contributed by atoms with Gasteiger partial charge in [-0.15, -0.1) is 0 Å². The molecule has 1 fully saturated rings. The molecule has 3 rings (SSSR count). The van der Waals surface area contributed by atoms with E-state index in [1.54, 1.807) is 18.3 Å². The van der Waals surface area contributed by atoms with Crippen molar-refractivity contribution < 1.29 is 9.59 Å². The van der Waals surface area contributed by atoms with Crippen LogP contribution in [-0.4, -0.2) is 22.8 Å². The van der Waals surface area contributed by atoms with Crippen molar-refractivity contribution in [2.45, 2.75) is 50.6 Å². The van der Waals surface area contributed by atoms with Crippen molar-refractivity contribution in [3.8, 4) is 0 Å². The Morgan fingerprint density at radius 3 is 2.35 bits per heavy atom. The van der Waals surface area contributed by atoms with Crippen LogP contribution in [0.2, 0.25) is 0 Å². The lowest BCUT2D eigenvalue weighted by atomic mass is 10.0. The topological polar surface area (TPSA) is 71.1 Å². The van der Waals surface area contributed by atoms with Crippen LogP contribution in [-0.2, 0) is 4.79 Å². The van der Waals surface area contributed by atoms with Gasteiger partial charge in [0.25, 0.3) is 5.91 Å². The van der Waals surface area contributed by atoms with Crippen molar-refractivity contribution in [2.24, 2.45) is 0 Å². The minimum atomic E-state index is -0.716. The molecule has 1 atom stereocenters. The molecule has 2 N–H and O–H groups in total. The zero-order chi connectivity index (χ0) is 18.2. The van der Waals surface area contributed by atoms with Gasteiger partial charge in [0.2, 0.25) is 5.91 Å². The van der Waals surface area contributed by atoms with E-state index in [2.05, 4.69) is 15.6 Å². The first kappa shape index (κ1) is 18.1. The van der Waals surface area contributed by atoms with Gasteiger partial charge in [-0.3, -0.25) is 14.6 Å². The van der Waals surface area contributed by atoms with Crippen molar-refractivity contribution in [1.82, 2.24) is 15.6 Å². The Balaban J connectivity index is 1.74. The Kier molecular flexibility index (Phi) is 6.36. The zero-order valence-corrected chi connectivity index (χ0v) is 14.9. The van der Waals surface area contributed by atoms with Gasteiger partial charge in [-0.25, -0.2) is 0 Å². The fraction of sp³-hybridized carbons (Fsp3) is 0.381. The van der Waals surface area contributed by atoms with E-state index in [4.69, 9.17) is 0 Å². The second kappa shape index (κ2) is 9.13. The number of carbonyl (C=O) groups is 2. The number of nitrogens with one attached hydrogen (secondary N) is 2. The minimum Gasteiger partial charge on any atom is -0.351 e. The maximum atomic E-state index is 12.9. The third-order valence-electron chi connectivity index (χ3n) is 4.80. The molecule has 0 saturated heterocycles. The van der Waals surface area contributed by atoms with E-state index < -0.39 is 6.04 Å². The molecule has 5 nitrogen and oxygen atoms in total. The summed E-state index contributed by atoms with van der Waals surface area (Å²) >= 11 is 0. The molecule has 0 aliphatic heterocycles. The lowest BCUT2D eigenvalue weighted by molar-refractivity contribution is -0.123. The van der Waals surface area contributed by atoms with E-state index in [0.29, 0.717) is 5.56 Å². The summed E-state index contributed by atoms with van der Waals surface area (Å²) in [5, 5.41) is 6.01. The molecule has 1 unspecified atom stereocenters. The van der Waals surface area contributed by atoms with Crippen LogP contribution in [0.15, 0.2) is 54.9 Å². The van der Waals surface area contributed by atoms with E-state index in [1.807, 2.05) is 30.3 Å². The van der Waals surface area contributed by atoms with Gasteiger partial charge in [0.05, 0.1) is 5.56 Å². The van der Waals surface area contributed by atoms with Crippen molar-refractivity contribution >= 4 is 11.8 Å². The molecule has 1 aromatic carbocycles. The zero-order valence-electron chi connectivity index (χ0n) is 14.9. The van der Waals surface area contributed by atoms with Crippen LogP contribution in [0.25, 0.3) is 0 Å². The Morgan fingerprint density at radius 2 is 1.69 bits per heavy atom. The molecular formula is C21H25N3O2. The van der Waals surface area contributed by atoms with Gasteiger partial charge in [-0.05, 0) is 30.5 Å². The lowest BCUT2D eigenvalue weighted by Crippen LogP contribution is -2.44. The number of hydrogen-bond acceptors (Lipinski definition) is 3. The maximum Gasteiger partial charge on any atom is 0.253 e. The molecule has 0 bridgehead atoms. The first-order valence-corrected chi connectivity index (χ1v) is 9.30. The summed E-state index contributed by atoms with van der Waals surface area (Å²) in [5.74, 6) is -0.455. The minimum absolute atomic E-state index is 0.152. The molecule has 0 radical (unpaired) electrons. The Bertz CT molecular complexity index is 711. The first-order chi connectivity index (χ1) is 12.7. The number of amides is 2. The number of nitrogens with zero attached hydrogens (tertiary/aromatic N) is 1. The smallest absolute Gasteiger partial charge is 0.253 e. The van der Waals surface area contributed by atoms with Crippen LogP contribution in [0.3, 0.4) is 0 Å². The van der Waals surface area contributed by atoms with Crippen molar-refractivity contribution in [3.63, 3.8) is 0 Å². The molecule has 2 aromatic rings. The predicted molar refractivity (Wildman–Crippen MR) is 101 cm³/mol. The van der Waals surface area contributed by atoms with Crippen LogP contribution in [0, 0.1) is 0 Å². The van der Waals surface area contributed by atoms with Gasteiger partial charge in [0.15, 0.2) is 0 Å². The quantitative estimate of drug-likeness (QED) is 0.811. The normalized spacial score (nSPS) is 16.3. The van der Waals surface area contributed by atoms with E-state index in [0.717, 1.165) is 31.2 Å². The largest absolute Gasteiger partial charge is 0.351 e. The summed E-state index contributed by atoms with van der Waals surface area (Å²) < 4.78 is 0. The molecule has 1 aliphatic rings. The van der Waals surface area contributed by atoms with Crippen LogP contribution in [0.5, 0.6) is 0 Å². The second-order valence-electron chi connectivity index (χ2n) is 6.76. The predicted octanol–water partition coefficient (Wildman–Crippen LogP) is 3.39. The van der Waals surface area contributed by atoms with Crippen LogP contribution < -0.4 is 10.6 Å². The Hall–Kier alpha value is -2.69. The molecule has 1 saturated carbocycles. The van der Waals surface area contributed by atoms with Crippen molar-refractivity contribution in [2.75, 3.05) is 0 Å². The molecule has 136 valence electrons. The lowest BCUT2D eigenvalue weighted by Gasteiger charge is -2.23.